The number of ether oxygens (including phenoxy) is 4. The molecular weight excluding hydrogens is 638 g/mol. The number of aromatic hydroxyl groups is 1. The molecule has 258 valence electrons. The highest BCUT2D eigenvalue weighted by atomic mass is 16.5. The van der Waals surface area contributed by atoms with Gasteiger partial charge in [-0.25, -0.2) is 0 Å². The molecule has 51 heavy (non-hydrogen) atoms. The summed E-state index contributed by atoms with van der Waals surface area (Å²) >= 11 is 0. The van der Waals surface area contributed by atoms with E-state index in [2.05, 4.69) is 64.5 Å². The van der Waals surface area contributed by atoms with Crippen LogP contribution in [0.25, 0.3) is 0 Å². The van der Waals surface area contributed by atoms with Gasteiger partial charge in [-0.05, 0) is 82.4 Å². The summed E-state index contributed by atoms with van der Waals surface area (Å²) in [5.41, 5.74) is 1.62. The summed E-state index contributed by atoms with van der Waals surface area (Å²) in [6.07, 6.45) is 0. The van der Waals surface area contributed by atoms with E-state index in [1.807, 2.05) is 97.1 Å². The summed E-state index contributed by atoms with van der Waals surface area (Å²) < 4.78 is 22.5. The molecule has 6 aromatic carbocycles. The van der Waals surface area contributed by atoms with Crippen LogP contribution in [0.5, 0.6) is 28.7 Å². The lowest BCUT2D eigenvalue weighted by atomic mass is 9.76. The monoisotopic (exact) mass is 679 g/mol. The Kier molecular flexibility index (Phi) is 9.14. The molecule has 7 rings (SSSR count). The van der Waals surface area contributed by atoms with Gasteiger partial charge in [0.05, 0.1) is 28.4 Å². The van der Waals surface area contributed by atoms with E-state index in [1.54, 1.807) is 34.5 Å². The van der Waals surface area contributed by atoms with Crippen LogP contribution in [0.2, 0.25) is 0 Å². The SMILES string of the molecule is COc1ccc(C2(c3ccccc3)NC(c3ccc(OC)cc3)(c3ccc(OC)cc3)NC(c3ccc(OC)cc3)(c3ccccc3O)N2)cc1. The average molecular weight is 680 g/mol. The Morgan fingerprint density at radius 2 is 0.647 bits per heavy atom. The summed E-state index contributed by atoms with van der Waals surface area (Å²) in [4.78, 5) is 0. The summed E-state index contributed by atoms with van der Waals surface area (Å²) in [5.74, 6) is 3.01. The molecule has 6 aromatic rings. The van der Waals surface area contributed by atoms with Gasteiger partial charge in [0.1, 0.15) is 45.7 Å². The van der Waals surface area contributed by atoms with E-state index in [-0.39, 0.29) is 5.75 Å². The average Bonchev–Trinajstić information content (AvgIpc) is 3.21. The standard InChI is InChI=1S/C43H41N3O5/c1-48-35-22-14-31(15-23-35)41(30-10-6-5-7-11-30)44-42(32-16-24-36(49-2)25-17-32,33-18-26-37(50-3)27-19-33)46-43(45-41,39-12-8-9-13-40(39)47)34-20-28-38(51-4)29-21-34/h5-29,44-47H,1-4H3. The summed E-state index contributed by atoms with van der Waals surface area (Å²) in [6.45, 7) is 0. The molecule has 0 radical (unpaired) electrons. The highest BCUT2D eigenvalue weighted by molar-refractivity contribution is 5.55. The molecule has 0 aliphatic carbocycles. The first-order valence-electron chi connectivity index (χ1n) is 16.7. The lowest BCUT2D eigenvalue weighted by Gasteiger charge is -2.60. The van der Waals surface area contributed by atoms with E-state index in [0.717, 1.165) is 45.1 Å². The fraction of sp³-hybridized carbons (Fsp3) is 0.163. The Morgan fingerprint density at radius 1 is 0.353 bits per heavy atom. The second-order valence-electron chi connectivity index (χ2n) is 12.4. The molecule has 8 heteroatoms. The molecule has 1 fully saturated rings. The molecule has 8 nitrogen and oxygen atoms in total. The van der Waals surface area contributed by atoms with Gasteiger partial charge in [-0.2, -0.15) is 0 Å². The zero-order valence-electron chi connectivity index (χ0n) is 29.0. The van der Waals surface area contributed by atoms with Crippen LogP contribution >= 0.6 is 0 Å². The second kappa shape index (κ2) is 13.8. The molecule has 1 aliphatic rings. The third-order valence-electron chi connectivity index (χ3n) is 9.73. The number of benzene rings is 6. The number of nitrogens with one attached hydrogen (secondary N) is 3. The minimum Gasteiger partial charge on any atom is -0.508 e. The number of phenolic OH excluding ortho intramolecular Hbond substituents is 1. The largest absolute Gasteiger partial charge is 0.508 e. The maximum atomic E-state index is 11.8. The van der Waals surface area contributed by atoms with Crippen molar-refractivity contribution in [2.24, 2.45) is 0 Å². The third kappa shape index (κ3) is 5.93. The van der Waals surface area contributed by atoms with Gasteiger partial charge in [0.15, 0.2) is 0 Å². The first-order valence-corrected chi connectivity index (χ1v) is 16.7. The zero-order chi connectivity index (χ0) is 35.5. The van der Waals surface area contributed by atoms with E-state index in [1.165, 1.54) is 0 Å². The van der Waals surface area contributed by atoms with Crippen LogP contribution in [-0.4, -0.2) is 33.5 Å². The predicted molar refractivity (Wildman–Crippen MR) is 198 cm³/mol. The molecule has 0 amide bonds. The van der Waals surface area contributed by atoms with Gasteiger partial charge in [0.2, 0.25) is 0 Å². The Balaban J connectivity index is 1.64. The lowest BCUT2D eigenvalue weighted by molar-refractivity contribution is 0.0413. The molecular formula is C43H41N3O5. The van der Waals surface area contributed by atoms with Gasteiger partial charge in [-0.1, -0.05) is 97.1 Å². The Bertz CT molecular complexity index is 2020. The fourth-order valence-electron chi connectivity index (χ4n) is 7.13. The maximum absolute atomic E-state index is 11.8. The molecule has 0 aromatic heterocycles. The van der Waals surface area contributed by atoms with Crippen LogP contribution in [0.4, 0.5) is 0 Å². The van der Waals surface area contributed by atoms with E-state index in [9.17, 15) is 5.11 Å². The smallest absolute Gasteiger partial charge is 0.129 e. The topological polar surface area (TPSA) is 93.2 Å². The molecule has 0 saturated carbocycles. The van der Waals surface area contributed by atoms with Crippen molar-refractivity contribution in [1.29, 1.82) is 0 Å². The van der Waals surface area contributed by atoms with Gasteiger partial charge in [0.25, 0.3) is 0 Å². The molecule has 1 aliphatic heterocycles. The van der Waals surface area contributed by atoms with Crippen LogP contribution in [0.3, 0.4) is 0 Å². The van der Waals surface area contributed by atoms with Crippen molar-refractivity contribution in [3.63, 3.8) is 0 Å². The summed E-state index contributed by atoms with van der Waals surface area (Å²) in [5, 5.41) is 24.2. The van der Waals surface area contributed by atoms with Crippen LogP contribution < -0.4 is 34.9 Å². The number of hydrogen-bond acceptors (Lipinski definition) is 8. The number of methoxy groups -OCH3 is 4. The van der Waals surface area contributed by atoms with Crippen molar-refractivity contribution >= 4 is 0 Å². The highest BCUT2D eigenvalue weighted by Crippen LogP contribution is 2.48. The first kappa shape index (κ1) is 33.7. The van der Waals surface area contributed by atoms with E-state index < -0.39 is 17.0 Å². The van der Waals surface area contributed by atoms with E-state index in [0.29, 0.717) is 11.3 Å². The maximum Gasteiger partial charge on any atom is 0.129 e. The van der Waals surface area contributed by atoms with Gasteiger partial charge < -0.3 is 24.1 Å². The highest BCUT2D eigenvalue weighted by Gasteiger charge is 2.58. The molecule has 4 N–H and O–H groups in total. The van der Waals surface area contributed by atoms with Crippen molar-refractivity contribution in [1.82, 2.24) is 16.0 Å². The van der Waals surface area contributed by atoms with E-state index in [4.69, 9.17) is 18.9 Å². The van der Waals surface area contributed by atoms with Crippen LogP contribution in [0, 0.1) is 0 Å². The van der Waals surface area contributed by atoms with Gasteiger partial charge >= 0.3 is 0 Å². The number of hydrogen-bond donors (Lipinski definition) is 4. The molecule has 1 saturated heterocycles. The minimum atomic E-state index is -1.25. The van der Waals surface area contributed by atoms with Gasteiger partial charge in [0, 0.05) is 5.56 Å². The second-order valence-corrected chi connectivity index (χ2v) is 12.4. The molecule has 2 atom stereocenters. The van der Waals surface area contributed by atoms with Crippen LogP contribution in [-0.2, 0) is 17.0 Å². The Morgan fingerprint density at radius 3 is 1.00 bits per heavy atom. The quantitative estimate of drug-likeness (QED) is 0.121. The van der Waals surface area contributed by atoms with Gasteiger partial charge in [-0.15, -0.1) is 0 Å². The number of rotatable bonds is 10. The molecule has 2 unspecified atom stereocenters. The summed E-state index contributed by atoms with van der Waals surface area (Å²) in [6, 6.07) is 49.7. The third-order valence-corrected chi connectivity index (χ3v) is 9.73. The number of phenols is 1. The summed E-state index contributed by atoms with van der Waals surface area (Å²) in [7, 11) is 6.63. The first-order chi connectivity index (χ1) is 24.9. The van der Waals surface area contributed by atoms with Crippen LogP contribution in [0.15, 0.2) is 152 Å². The van der Waals surface area contributed by atoms with Crippen molar-refractivity contribution in [3.05, 3.63) is 185 Å². The Hall–Kier alpha value is -5.80. The Labute approximate surface area is 298 Å². The number of para-hydroxylation sites is 1. The normalized spacial score (nSPS) is 19.5. The van der Waals surface area contributed by atoms with E-state index >= 15 is 0 Å². The van der Waals surface area contributed by atoms with Crippen LogP contribution in [0.1, 0.15) is 33.4 Å². The molecule has 1 heterocycles. The molecule has 0 spiro atoms. The fourth-order valence-corrected chi connectivity index (χ4v) is 7.13. The van der Waals surface area contributed by atoms with Gasteiger partial charge in [-0.3, -0.25) is 16.0 Å². The van der Waals surface area contributed by atoms with Crippen molar-refractivity contribution in [2.45, 2.75) is 17.0 Å². The van der Waals surface area contributed by atoms with Crippen molar-refractivity contribution < 1.29 is 24.1 Å². The zero-order valence-corrected chi connectivity index (χ0v) is 29.0. The van der Waals surface area contributed by atoms with Crippen molar-refractivity contribution in [2.75, 3.05) is 28.4 Å². The van der Waals surface area contributed by atoms with Crippen molar-refractivity contribution in [3.8, 4) is 28.7 Å². The lowest BCUT2D eigenvalue weighted by Crippen LogP contribution is -2.81. The minimum absolute atomic E-state index is 0.116. The predicted octanol–water partition coefficient (Wildman–Crippen LogP) is 7.21. The molecule has 0 bridgehead atoms.